The number of fused-ring (bicyclic) bond motifs is 1. The van der Waals surface area contributed by atoms with Gasteiger partial charge in [0.05, 0.1) is 5.92 Å². The third kappa shape index (κ3) is 0.698. The van der Waals surface area contributed by atoms with Crippen molar-refractivity contribution in [2.24, 2.45) is 11.7 Å². The van der Waals surface area contributed by atoms with Gasteiger partial charge in [0, 0.05) is 0 Å². The highest BCUT2D eigenvalue weighted by atomic mass is 16.2. The maximum absolute atomic E-state index is 11.2. The summed E-state index contributed by atoms with van der Waals surface area (Å²) in [7, 11) is 0. The molecule has 0 spiro atoms. The van der Waals surface area contributed by atoms with E-state index in [0.29, 0.717) is 0 Å². The van der Waals surface area contributed by atoms with E-state index in [1.54, 1.807) is 24.3 Å². The molecule has 2 amide bonds. The number of carbonyl (C=O) groups excluding carboxylic acids is 2. The molecule has 1 fully saturated rings. The lowest BCUT2D eigenvalue weighted by molar-refractivity contribution is -0.125. The Bertz CT molecular complexity index is 319. The zero-order valence-electron chi connectivity index (χ0n) is 6.28. The number of nitrogens with one attached hydrogen (secondary N) is 1. The number of nitrogens with two attached hydrogens (primary N) is 1. The van der Waals surface area contributed by atoms with E-state index < -0.39 is 17.4 Å². The summed E-state index contributed by atoms with van der Waals surface area (Å²) < 4.78 is 0. The van der Waals surface area contributed by atoms with E-state index >= 15 is 0 Å². The van der Waals surface area contributed by atoms with Crippen LogP contribution in [0.1, 0.15) is 0 Å². The van der Waals surface area contributed by atoms with Gasteiger partial charge in [-0.25, -0.2) is 0 Å². The highest BCUT2D eigenvalue weighted by Crippen LogP contribution is 2.27. The molecule has 1 saturated heterocycles. The maximum Gasteiger partial charge on any atom is 0.251 e. The number of imide groups is 1. The first kappa shape index (κ1) is 7.24. The molecule has 2 aliphatic rings. The molecule has 0 saturated carbocycles. The second-order valence-corrected chi connectivity index (χ2v) is 2.97. The monoisotopic (exact) mass is 164 g/mol. The predicted molar refractivity (Wildman–Crippen MR) is 41.8 cm³/mol. The predicted octanol–water partition coefficient (Wildman–Crippen LogP) is -0.918. The molecule has 0 aromatic carbocycles. The van der Waals surface area contributed by atoms with Crippen LogP contribution in [0, 0.1) is 5.92 Å². The number of allylic oxidation sites excluding steroid dienone is 2. The minimum absolute atomic E-state index is 0.317. The van der Waals surface area contributed by atoms with Crippen molar-refractivity contribution in [3.63, 3.8) is 0 Å². The van der Waals surface area contributed by atoms with Gasteiger partial charge in [0.1, 0.15) is 5.54 Å². The molecule has 0 aromatic rings. The van der Waals surface area contributed by atoms with E-state index in [0.717, 1.165) is 0 Å². The van der Waals surface area contributed by atoms with Crippen LogP contribution in [0.2, 0.25) is 0 Å². The summed E-state index contributed by atoms with van der Waals surface area (Å²) in [5, 5.41) is 2.19. The second kappa shape index (κ2) is 2.04. The van der Waals surface area contributed by atoms with Crippen molar-refractivity contribution in [3.05, 3.63) is 24.3 Å². The van der Waals surface area contributed by atoms with Crippen LogP contribution in [0.15, 0.2) is 24.3 Å². The number of rotatable bonds is 0. The second-order valence-electron chi connectivity index (χ2n) is 2.97. The molecule has 0 aromatic heterocycles. The quantitative estimate of drug-likeness (QED) is 0.455. The molecule has 1 aliphatic heterocycles. The Morgan fingerprint density at radius 3 is 2.83 bits per heavy atom. The molecule has 1 aliphatic carbocycles. The van der Waals surface area contributed by atoms with Crippen LogP contribution in [0.25, 0.3) is 0 Å². The summed E-state index contributed by atoms with van der Waals surface area (Å²) in [6, 6.07) is 0. The SMILES string of the molecule is NC12C=CC=CC1C(=O)NC2=O. The lowest BCUT2D eigenvalue weighted by atomic mass is 9.84. The molecule has 3 N–H and O–H groups in total. The minimum atomic E-state index is -1.15. The van der Waals surface area contributed by atoms with Crippen molar-refractivity contribution in [1.29, 1.82) is 0 Å². The number of amides is 2. The van der Waals surface area contributed by atoms with E-state index in [2.05, 4.69) is 5.32 Å². The lowest BCUT2D eigenvalue weighted by Crippen LogP contribution is -2.49. The number of hydrogen-bond donors (Lipinski definition) is 2. The van der Waals surface area contributed by atoms with E-state index in [1.165, 1.54) is 0 Å². The number of hydrogen-bond acceptors (Lipinski definition) is 3. The summed E-state index contributed by atoms with van der Waals surface area (Å²) in [6.45, 7) is 0. The van der Waals surface area contributed by atoms with Crippen molar-refractivity contribution in [2.75, 3.05) is 0 Å². The molecule has 4 nitrogen and oxygen atoms in total. The van der Waals surface area contributed by atoms with Crippen LogP contribution < -0.4 is 11.1 Å². The Kier molecular flexibility index (Phi) is 1.23. The third-order valence-electron chi connectivity index (χ3n) is 2.21. The van der Waals surface area contributed by atoms with Crippen molar-refractivity contribution in [3.8, 4) is 0 Å². The summed E-state index contributed by atoms with van der Waals surface area (Å²) in [5.41, 5.74) is 4.58. The van der Waals surface area contributed by atoms with Gasteiger partial charge in [0.15, 0.2) is 0 Å². The van der Waals surface area contributed by atoms with Gasteiger partial charge in [-0.2, -0.15) is 0 Å². The fourth-order valence-corrected chi connectivity index (χ4v) is 1.47. The van der Waals surface area contributed by atoms with Gasteiger partial charge in [-0.1, -0.05) is 24.3 Å². The van der Waals surface area contributed by atoms with Gasteiger partial charge in [0.25, 0.3) is 5.91 Å². The highest BCUT2D eigenvalue weighted by Gasteiger charge is 2.50. The normalized spacial score (nSPS) is 38.2. The van der Waals surface area contributed by atoms with Crippen LogP contribution in [-0.4, -0.2) is 17.4 Å². The molecule has 0 bridgehead atoms. The van der Waals surface area contributed by atoms with Crippen LogP contribution in [0.3, 0.4) is 0 Å². The fraction of sp³-hybridized carbons (Fsp3) is 0.250. The smallest absolute Gasteiger partial charge is 0.251 e. The van der Waals surface area contributed by atoms with E-state index in [-0.39, 0.29) is 5.91 Å². The topological polar surface area (TPSA) is 72.2 Å². The van der Waals surface area contributed by atoms with Crippen LogP contribution in [0.5, 0.6) is 0 Å². The Morgan fingerprint density at radius 1 is 1.42 bits per heavy atom. The molecule has 12 heavy (non-hydrogen) atoms. The van der Waals surface area contributed by atoms with Gasteiger partial charge in [-0.05, 0) is 0 Å². The van der Waals surface area contributed by atoms with E-state index in [9.17, 15) is 9.59 Å². The van der Waals surface area contributed by atoms with Gasteiger partial charge in [-0.15, -0.1) is 0 Å². The maximum atomic E-state index is 11.2. The summed E-state index contributed by atoms with van der Waals surface area (Å²) in [4.78, 5) is 22.3. The lowest BCUT2D eigenvalue weighted by Gasteiger charge is -2.22. The molecule has 4 heteroatoms. The molecular formula is C8H8N2O2. The standard InChI is InChI=1S/C8H8N2O2/c9-8-4-2-1-3-5(8)6(11)10-7(8)12/h1-5H,9H2,(H,10,11,12). The summed E-state index contributed by atoms with van der Waals surface area (Å²) >= 11 is 0. The zero-order chi connectivity index (χ0) is 8.77. The first-order chi connectivity index (χ1) is 5.64. The molecular weight excluding hydrogens is 156 g/mol. The minimum Gasteiger partial charge on any atom is -0.313 e. The first-order valence-electron chi connectivity index (χ1n) is 3.65. The summed E-state index contributed by atoms with van der Waals surface area (Å²) in [5.74, 6) is -1.27. The van der Waals surface area contributed by atoms with Crippen LogP contribution in [-0.2, 0) is 9.59 Å². The van der Waals surface area contributed by atoms with Crippen LogP contribution >= 0.6 is 0 Å². The van der Waals surface area contributed by atoms with Crippen molar-refractivity contribution in [2.45, 2.75) is 5.54 Å². The van der Waals surface area contributed by atoms with E-state index in [4.69, 9.17) is 5.73 Å². The van der Waals surface area contributed by atoms with Gasteiger partial charge in [-0.3, -0.25) is 14.9 Å². The molecule has 2 unspecified atom stereocenters. The average Bonchev–Trinajstić information content (AvgIpc) is 2.25. The largest absolute Gasteiger partial charge is 0.313 e. The highest BCUT2D eigenvalue weighted by molar-refractivity contribution is 6.12. The molecule has 2 rings (SSSR count). The van der Waals surface area contributed by atoms with Crippen molar-refractivity contribution >= 4 is 11.8 Å². The Balaban J connectivity index is 2.49. The fourth-order valence-electron chi connectivity index (χ4n) is 1.47. The van der Waals surface area contributed by atoms with Crippen LogP contribution in [0.4, 0.5) is 0 Å². The summed E-state index contributed by atoms with van der Waals surface area (Å²) in [6.07, 6.45) is 6.58. The van der Waals surface area contributed by atoms with Crippen molar-refractivity contribution < 1.29 is 9.59 Å². The first-order valence-corrected chi connectivity index (χ1v) is 3.65. The third-order valence-corrected chi connectivity index (χ3v) is 2.21. The van der Waals surface area contributed by atoms with Gasteiger partial charge in [0.2, 0.25) is 5.91 Å². The van der Waals surface area contributed by atoms with Crippen molar-refractivity contribution in [1.82, 2.24) is 5.32 Å². The average molecular weight is 164 g/mol. The Hall–Kier alpha value is -1.42. The van der Waals surface area contributed by atoms with Gasteiger partial charge >= 0.3 is 0 Å². The Labute approximate surface area is 69.1 Å². The number of carbonyl (C=O) groups is 2. The van der Waals surface area contributed by atoms with Gasteiger partial charge < -0.3 is 5.73 Å². The van der Waals surface area contributed by atoms with E-state index in [1.807, 2.05) is 0 Å². The zero-order valence-corrected chi connectivity index (χ0v) is 6.28. The molecule has 62 valence electrons. The molecule has 1 heterocycles. The molecule has 2 atom stereocenters. The Morgan fingerprint density at radius 2 is 2.17 bits per heavy atom. The molecule has 0 radical (unpaired) electrons.